The molecule has 2 aromatic rings. The molecule has 0 aliphatic carbocycles. The first-order chi connectivity index (χ1) is 11.8. The van der Waals surface area contributed by atoms with Gasteiger partial charge in [-0.1, -0.05) is 0 Å². The van der Waals surface area contributed by atoms with E-state index in [0.717, 1.165) is 49.2 Å². The molecule has 0 aromatic carbocycles. The van der Waals surface area contributed by atoms with Crippen molar-refractivity contribution in [2.75, 3.05) is 45.3 Å². The summed E-state index contributed by atoms with van der Waals surface area (Å²) in [4.78, 5) is 11.3. The van der Waals surface area contributed by atoms with Crippen molar-refractivity contribution in [1.82, 2.24) is 25.1 Å². The van der Waals surface area contributed by atoms with E-state index in [4.69, 9.17) is 4.74 Å². The summed E-state index contributed by atoms with van der Waals surface area (Å²) in [5.41, 5.74) is 1.82. The van der Waals surface area contributed by atoms with E-state index in [1.165, 1.54) is 12.8 Å². The second-order valence-electron chi connectivity index (χ2n) is 6.32. The zero-order chi connectivity index (χ0) is 16.8. The molecule has 7 nitrogen and oxygen atoms in total. The third-order valence-electron chi connectivity index (χ3n) is 4.47. The Morgan fingerprint density at radius 1 is 1.25 bits per heavy atom. The van der Waals surface area contributed by atoms with Gasteiger partial charge < -0.3 is 15.0 Å². The highest BCUT2D eigenvalue weighted by molar-refractivity contribution is 5.56. The summed E-state index contributed by atoms with van der Waals surface area (Å²) < 4.78 is 6.93. The summed E-state index contributed by atoms with van der Waals surface area (Å²) in [5.74, 6) is 1.65. The molecule has 0 amide bonds. The molecule has 0 saturated carbocycles. The molecule has 1 N–H and O–H groups in total. The van der Waals surface area contributed by atoms with Crippen LogP contribution in [0.1, 0.15) is 12.8 Å². The van der Waals surface area contributed by atoms with Crippen LogP contribution in [0.3, 0.4) is 0 Å². The van der Waals surface area contributed by atoms with Crippen molar-refractivity contribution in [2.45, 2.75) is 19.4 Å². The zero-order valence-corrected chi connectivity index (χ0v) is 14.5. The SMILES string of the molecule is COCCn1cc(-c2cnc(N(C)CC3CCNCC3)cn2)cn1. The maximum absolute atomic E-state index is 5.07. The van der Waals surface area contributed by atoms with Crippen LogP contribution < -0.4 is 10.2 Å². The highest BCUT2D eigenvalue weighted by atomic mass is 16.5. The van der Waals surface area contributed by atoms with Crippen molar-refractivity contribution in [3.05, 3.63) is 24.8 Å². The molecule has 0 atom stereocenters. The van der Waals surface area contributed by atoms with Crippen LogP contribution in [-0.4, -0.2) is 60.1 Å². The smallest absolute Gasteiger partial charge is 0.146 e. The maximum Gasteiger partial charge on any atom is 0.146 e. The lowest BCUT2D eigenvalue weighted by atomic mass is 9.98. The van der Waals surface area contributed by atoms with Gasteiger partial charge in [0.15, 0.2) is 0 Å². The molecule has 1 saturated heterocycles. The molecule has 7 heteroatoms. The Morgan fingerprint density at radius 2 is 2.08 bits per heavy atom. The van der Waals surface area contributed by atoms with E-state index in [-0.39, 0.29) is 0 Å². The first-order valence-corrected chi connectivity index (χ1v) is 8.52. The number of methoxy groups -OCH3 is 1. The van der Waals surface area contributed by atoms with Gasteiger partial charge in [0.25, 0.3) is 0 Å². The van der Waals surface area contributed by atoms with Crippen LogP contribution in [0.2, 0.25) is 0 Å². The third kappa shape index (κ3) is 4.30. The predicted octanol–water partition coefficient (Wildman–Crippen LogP) is 1.42. The minimum atomic E-state index is 0.646. The minimum Gasteiger partial charge on any atom is -0.383 e. The van der Waals surface area contributed by atoms with Gasteiger partial charge in [-0.15, -0.1) is 0 Å². The molecule has 24 heavy (non-hydrogen) atoms. The van der Waals surface area contributed by atoms with Crippen molar-refractivity contribution in [3.63, 3.8) is 0 Å². The monoisotopic (exact) mass is 330 g/mol. The Balaban J connectivity index is 1.60. The number of anilines is 1. The third-order valence-corrected chi connectivity index (χ3v) is 4.47. The van der Waals surface area contributed by atoms with E-state index in [0.29, 0.717) is 6.61 Å². The molecule has 2 aromatic heterocycles. The molecule has 130 valence electrons. The summed E-state index contributed by atoms with van der Waals surface area (Å²) in [6.45, 7) is 4.66. The minimum absolute atomic E-state index is 0.646. The average molecular weight is 330 g/mol. The summed E-state index contributed by atoms with van der Waals surface area (Å²) in [6.07, 6.45) is 9.93. The van der Waals surface area contributed by atoms with E-state index in [1.54, 1.807) is 7.11 Å². The fourth-order valence-electron chi connectivity index (χ4n) is 3.02. The molecule has 1 fully saturated rings. The largest absolute Gasteiger partial charge is 0.383 e. The molecule has 0 spiro atoms. The first-order valence-electron chi connectivity index (χ1n) is 8.52. The Morgan fingerprint density at radius 3 is 2.79 bits per heavy atom. The predicted molar refractivity (Wildman–Crippen MR) is 94.0 cm³/mol. The van der Waals surface area contributed by atoms with Gasteiger partial charge in [-0.3, -0.25) is 9.67 Å². The van der Waals surface area contributed by atoms with Gasteiger partial charge in [0, 0.05) is 32.5 Å². The van der Waals surface area contributed by atoms with Crippen molar-refractivity contribution >= 4 is 5.82 Å². The van der Waals surface area contributed by atoms with E-state index in [9.17, 15) is 0 Å². The number of rotatable bonds is 7. The van der Waals surface area contributed by atoms with Crippen molar-refractivity contribution in [3.8, 4) is 11.3 Å². The second kappa shape index (κ2) is 8.21. The van der Waals surface area contributed by atoms with Crippen LogP contribution >= 0.6 is 0 Å². The lowest BCUT2D eigenvalue weighted by Crippen LogP contribution is -2.34. The topological polar surface area (TPSA) is 68.1 Å². The lowest BCUT2D eigenvalue weighted by molar-refractivity contribution is 0.183. The molecule has 1 aliphatic heterocycles. The van der Waals surface area contributed by atoms with Crippen LogP contribution in [0.4, 0.5) is 5.82 Å². The standard InChI is InChI=1S/C17H26N6O/c1-22(12-14-3-5-18-6-4-14)17-11-19-16(10-20-17)15-9-21-23(13-15)7-8-24-2/h9-11,13-14,18H,3-8,12H2,1-2H3. The number of hydrogen-bond donors (Lipinski definition) is 1. The lowest BCUT2D eigenvalue weighted by Gasteiger charge is -2.28. The van der Waals surface area contributed by atoms with Crippen molar-refractivity contribution in [1.29, 1.82) is 0 Å². The van der Waals surface area contributed by atoms with Gasteiger partial charge in [-0.05, 0) is 31.8 Å². The van der Waals surface area contributed by atoms with E-state index >= 15 is 0 Å². The van der Waals surface area contributed by atoms with Gasteiger partial charge in [-0.25, -0.2) is 4.98 Å². The van der Waals surface area contributed by atoms with E-state index < -0.39 is 0 Å². The molecular weight excluding hydrogens is 304 g/mol. The molecule has 3 rings (SSSR count). The number of nitrogens with zero attached hydrogens (tertiary/aromatic N) is 5. The summed E-state index contributed by atoms with van der Waals surface area (Å²) in [6, 6.07) is 0. The summed E-state index contributed by atoms with van der Waals surface area (Å²) >= 11 is 0. The van der Waals surface area contributed by atoms with E-state index in [1.807, 2.05) is 29.5 Å². The molecule has 3 heterocycles. The van der Waals surface area contributed by atoms with Gasteiger partial charge in [0.2, 0.25) is 0 Å². The van der Waals surface area contributed by atoms with Gasteiger partial charge in [0.05, 0.1) is 37.4 Å². The molecular formula is C17H26N6O. The Labute approximate surface area is 143 Å². The maximum atomic E-state index is 5.07. The summed E-state index contributed by atoms with van der Waals surface area (Å²) in [5, 5.41) is 7.72. The molecule has 0 unspecified atom stereocenters. The number of hydrogen-bond acceptors (Lipinski definition) is 6. The van der Waals surface area contributed by atoms with Gasteiger partial charge in [-0.2, -0.15) is 5.10 Å². The van der Waals surface area contributed by atoms with E-state index in [2.05, 4.69) is 32.3 Å². The number of aromatic nitrogens is 4. The highest BCUT2D eigenvalue weighted by Crippen LogP contribution is 2.19. The fourth-order valence-corrected chi connectivity index (χ4v) is 3.02. The highest BCUT2D eigenvalue weighted by Gasteiger charge is 2.16. The quantitative estimate of drug-likeness (QED) is 0.828. The normalized spacial score (nSPS) is 15.6. The van der Waals surface area contributed by atoms with Crippen molar-refractivity contribution < 1.29 is 4.74 Å². The Kier molecular flexibility index (Phi) is 5.77. The molecule has 0 radical (unpaired) electrons. The molecule has 1 aliphatic rings. The summed E-state index contributed by atoms with van der Waals surface area (Å²) in [7, 11) is 3.78. The van der Waals surface area contributed by atoms with Crippen LogP contribution in [0.5, 0.6) is 0 Å². The fraction of sp³-hybridized carbons (Fsp3) is 0.588. The van der Waals surface area contributed by atoms with Gasteiger partial charge in [0.1, 0.15) is 5.82 Å². The van der Waals surface area contributed by atoms with Crippen LogP contribution in [-0.2, 0) is 11.3 Å². The van der Waals surface area contributed by atoms with Crippen molar-refractivity contribution in [2.24, 2.45) is 5.92 Å². The van der Waals surface area contributed by atoms with Crippen LogP contribution in [0.15, 0.2) is 24.8 Å². The van der Waals surface area contributed by atoms with Crippen LogP contribution in [0, 0.1) is 5.92 Å². The zero-order valence-electron chi connectivity index (χ0n) is 14.5. The average Bonchev–Trinajstić information content (AvgIpc) is 3.10. The Bertz CT molecular complexity index is 620. The number of ether oxygens (including phenoxy) is 1. The number of piperidine rings is 1. The van der Waals surface area contributed by atoms with Gasteiger partial charge >= 0.3 is 0 Å². The molecule has 0 bridgehead atoms. The Hall–Kier alpha value is -1.99. The second-order valence-corrected chi connectivity index (χ2v) is 6.32. The first kappa shape index (κ1) is 16.9. The number of nitrogens with one attached hydrogen (secondary N) is 1. The van der Waals surface area contributed by atoms with Crippen LogP contribution in [0.25, 0.3) is 11.3 Å².